The highest BCUT2D eigenvalue weighted by Crippen LogP contribution is 2.37. The summed E-state index contributed by atoms with van der Waals surface area (Å²) in [4.78, 5) is 27.2. The van der Waals surface area contributed by atoms with Gasteiger partial charge in [0, 0.05) is 32.3 Å². The first kappa shape index (κ1) is 22.9. The summed E-state index contributed by atoms with van der Waals surface area (Å²) in [5.74, 6) is -3.00. The third kappa shape index (κ3) is 3.59. The zero-order chi connectivity index (χ0) is 24.1. The predicted molar refractivity (Wildman–Crippen MR) is 119 cm³/mol. The molecular weight excluding hydrogens is 456 g/mol. The van der Waals surface area contributed by atoms with E-state index in [1.54, 1.807) is 12.1 Å². The number of amides is 1. The van der Waals surface area contributed by atoms with Crippen LogP contribution in [0, 0.1) is 22.5 Å². The molecule has 0 spiro atoms. The van der Waals surface area contributed by atoms with E-state index in [1.807, 2.05) is 0 Å². The number of aromatic nitrogens is 1. The first-order valence-corrected chi connectivity index (χ1v) is 10.9. The average molecular weight is 477 g/mol. The van der Waals surface area contributed by atoms with Crippen molar-refractivity contribution in [1.29, 1.82) is 10.8 Å². The lowest BCUT2D eigenvalue weighted by Gasteiger charge is -2.50. The Labute approximate surface area is 191 Å². The Hall–Kier alpha value is -3.25. The minimum atomic E-state index is -1.04. The summed E-state index contributed by atoms with van der Waals surface area (Å²) < 4.78 is 28.2. The van der Waals surface area contributed by atoms with Gasteiger partial charge in [0.2, 0.25) is 5.43 Å². The summed E-state index contributed by atoms with van der Waals surface area (Å²) in [6, 6.07) is 2.96. The number of benzene rings is 1. The Morgan fingerprint density at radius 2 is 2.00 bits per heavy atom. The lowest BCUT2D eigenvalue weighted by molar-refractivity contribution is 0.0218. The predicted octanol–water partition coefficient (Wildman–Crippen LogP) is 1.62. The number of aromatic hydroxyl groups is 1. The van der Waals surface area contributed by atoms with Gasteiger partial charge in [0.15, 0.2) is 17.1 Å². The number of carbonyl (C=O) groups is 1. The van der Waals surface area contributed by atoms with Crippen molar-refractivity contribution in [2.24, 2.45) is 0 Å². The summed E-state index contributed by atoms with van der Waals surface area (Å²) >= 11 is 0.579. The summed E-state index contributed by atoms with van der Waals surface area (Å²) in [7, 11) is 1.61. The number of aliphatic hydroxyl groups excluding tert-OH is 1. The fraction of sp³-hybridized carbons (Fsp3) is 0.333. The van der Waals surface area contributed by atoms with Gasteiger partial charge in [0.05, 0.1) is 17.2 Å². The Bertz CT molecular complexity index is 1250. The van der Waals surface area contributed by atoms with Gasteiger partial charge in [-0.25, -0.2) is 8.78 Å². The van der Waals surface area contributed by atoms with E-state index in [2.05, 4.69) is 0 Å². The van der Waals surface area contributed by atoms with Crippen molar-refractivity contribution in [3.63, 3.8) is 0 Å². The number of thioether (sulfide) groups is 1. The molecule has 12 heteroatoms. The molecule has 0 radical (unpaired) electrons. The van der Waals surface area contributed by atoms with Crippen LogP contribution in [0.2, 0.25) is 0 Å². The van der Waals surface area contributed by atoms with Gasteiger partial charge >= 0.3 is 0 Å². The number of rotatable bonds is 4. The average Bonchev–Trinajstić information content (AvgIpc) is 3.21. The Morgan fingerprint density at radius 3 is 2.67 bits per heavy atom. The normalized spacial score (nSPS) is 19.5. The first-order chi connectivity index (χ1) is 15.6. The van der Waals surface area contributed by atoms with E-state index in [1.165, 1.54) is 21.8 Å². The van der Waals surface area contributed by atoms with Crippen LogP contribution in [0.15, 0.2) is 29.2 Å². The molecule has 1 amide bonds. The molecule has 9 nitrogen and oxygen atoms in total. The van der Waals surface area contributed by atoms with Crippen LogP contribution in [-0.2, 0) is 6.42 Å². The number of likely N-dealkylation sites (N-methyl/N-ethyl adjacent to an activating group) is 1. The number of halogens is 2. The summed E-state index contributed by atoms with van der Waals surface area (Å²) in [6.45, 7) is -0.00112. The second-order valence-corrected chi connectivity index (χ2v) is 9.01. The lowest BCUT2D eigenvalue weighted by Crippen LogP contribution is -2.68. The number of carbonyl (C=O) groups excluding carboxylic acids is 1. The van der Waals surface area contributed by atoms with Crippen molar-refractivity contribution in [3.8, 4) is 5.75 Å². The number of pyridine rings is 1. The summed E-state index contributed by atoms with van der Waals surface area (Å²) in [5.41, 5.74) is -2.45. The molecule has 1 fully saturated rings. The van der Waals surface area contributed by atoms with Gasteiger partial charge < -0.3 is 15.1 Å². The number of aliphatic hydroxyl groups is 1. The zero-order valence-corrected chi connectivity index (χ0v) is 18.4. The maximum atomic E-state index is 13.9. The molecule has 174 valence electrons. The van der Waals surface area contributed by atoms with Crippen LogP contribution in [0.3, 0.4) is 0 Å². The Morgan fingerprint density at radius 1 is 1.27 bits per heavy atom. The topological polar surface area (TPSA) is 134 Å². The van der Waals surface area contributed by atoms with Crippen molar-refractivity contribution in [3.05, 3.63) is 63.1 Å². The van der Waals surface area contributed by atoms with Gasteiger partial charge in [0.1, 0.15) is 16.7 Å². The van der Waals surface area contributed by atoms with Gasteiger partial charge in [-0.05, 0) is 24.5 Å². The highest BCUT2D eigenvalue weighted by molar-refractivity contribution is 8.26. The van der Waals surface area contributed by atoms with Gasteiger partial charge in [-0.1, -0.05) is 17.8 Å². The zero-order valence-electron chi connectivity index (χ0n) is 17.6. The van der Waals surface area contributed by atoms with Gasteiger partial charge in [-0.15, -0.1) is 0 Å². The minimum Gasteiger partial charge on any atom is -0.502 e. The molecular formula is C21H21F2N5O4S. The van der Waals surface area contributed by atoms with E-state index in [9.17, 15) is 28.6 Å². The van der Waals surface area contributed by atoms with Crippen molar-refractivity contribution in [2.75, 3.05) is 25.2 Å². The molecule has 0 bridgehead atoms. The maximum Gasteiger partial charge on any atom is 0.278 e. The molecule has 4 rings (SSSR count). The Balaban J connectivity index is 1.66. The maximum absolute atomic E-state index is 13.9. The molecule has 0 aliphatic carbocycles. The molecule has 0 saturated carbocycles. The van der Waals surface area contributed by atoms with Crippen LogP contribution in [0.1, 0.15) is 34.5 Å². The van der Waals surface area contributed by atoms with Gasteiger partial charge in [0.25, 0.3) is 5.91 Å². The fourth-order valence-corrected chi connectivity index (χ4v) is 5.05. The largest absolute Gasteiger partial charge is 0.502 e. The minimum absolute atomic E-state index is 0.0586. The van der Waals surface area contributed by atoms with Gasteiger partial charge in [-0.3, -0.25) is 30.1 Å². The molecule has 2 aliphatic heterocycles. The molecule has 1 atom stereocenters. The second kappa shape index (κ2) is 8.27. The molecule has 3 heterocycles. The molecule has 1 aromatic carbocycles. The highest BCUT2D eigenvalue weighted by atomic mass is 32.2. The van der Waals surface area contributed by atoms with Crippen molar-refractivity contribution in [2.45, 2.75) is 24.9 Å². The van der Waals surface area contributed by atoms with E-state index in [0.717, 1.165) is 6.07 Å². The SMILES string of the molecule is CN1n2cc(C(=N)SC(=N)Cc3ccc(F)cc3F)c(=O)c(O)c2C(=O)N2CCCC21CO. The van der Waals surface area contributed by atoms with Crippen molar-refractivity contribution >= 4 is 27.8 Å². The molecule has 4 N–H and O–H groups in total. The second-order valence-electron chi connectivity index (χ2n) is 7.91. The van der Waals surface area contributed by atoms with Crippen LogP contribution in [0.5, 0.6) is 5.75 Å². The molecule has 1 aromatic heterocycles. The number of fused-ring (bicyclic) bond motifs is 2. The Kier molecular flexibility index (Phi) is 5.74. The number of hydrogen-bond donors (Lipinski definition) is 4. The van der Waals surface area contributed by atoms with Crippen molar-refractivity contribution < 1.29 is 23.8 Å². The monoisotopic (exact) mass is 477 g/mol. The smallest absolute Gasteiger partial charge is 0.278 e. The number of nitrogens with one attached hydrogen (secondary N) is 2. The van der Waals surface area contributed by atoms with E-state index < -0.39 is 34.4 Å². The van der Waals surface area contributed by atoms with E-state index in [-0.39, 0.29) is 39.9 Å². The summed E-state index contributed by atoms with van der Waals surface area (Å²) in [6.07, 6.45) is 2.11. The van der Waals surface area contributed by atoms with Crippen molar-refractivity contribution in [1.82, 2.24) is 9.58 Å². The molecule has 33 heavy (non-hydrogen) atoms. The first-order valence-electron chi connectivity index (χ1n) is 10.0. The molecule has 2 aliphatic rings. The quantitative estimate of drug-likeness (QED) is 0.391. The fourth-order valence-electron chi connectivity index (χ4n) is 4.32. The standard InChI is InChI=1S/C21H21F2N5O4S/c1-26-21(10-29)5-2-6-27(21)20(32)16-18(31)17(30)13(9-28(16)26)19(25)33-15(24)7-11-3-4-12(22)8-14(11)23/h3-4,8-9,24-25,29,31H,2,5-7,10H2,1H3. The highest BCUT2D eigenvalue weighted by Gasteiger charge is 2.52. The van der Waals surface area contributed by atoms with E-state index in [0.29, 0.717) is 37.2 Å². The molecule has 1 unspecified atom stereocenters. The number of nitrogens with zero attached hydrogens (tertiary/aromatic N) is 3. The lowest BCUT2D eigenvalue weighted by atomic mass is 10.1. The molecule has 1 saturated heterocycles. The van der Waals surface area contributed by atoms with Crippen LogP contribution in [0.25, 0.3) is 0 Å². The van der Waals surface area contributed by atoms with E-state index in [4.69, 9.17) is 10.8 Å². The van der Waals surface area contributed by atoms with Crippen LogP contribution in [0.4, 0.5) is 8.78 Å². The third-order valence-corrected chi connectivity index (χ3v) is 6.90. The molecule has 2 aromatic rings. The van der Waals surface area contributed by atoms with Crippen LogP contribution in [-0.4, -0.2) is 61.6 Å². The number of hydrogen-bond acceptors (Lipinski definition) is 8. The van der Waals surface area contributed by atoms with Crippen LogP contribution < -0.4 is 10.4 Å². The third-order valence-electron chi connectivity index (χ3n) is 6.09. The van der Waals surface area contributed by atoms with Gasteiger partial charge in [-0.2, -0.15) is 0 Å². The van der Waals surface area contributed by atoms with Crippen LogP contribution >= 0.6 is 11.8 Å². The summed E-state index contributed by atoms with van der Waals surface area (Å²) in [5, 5.41) is 38.0. The van der Waals surface area contributed by atoms with E-state index >= 15 is 0 Å².